The van der Waals surface area contributed by atoms with Crippen molar-refractivity contribution in [1.29, 1.82) is 0 Å². The third kappa shape index (κ3) is 6.19. The van der Waals surface area contributed by atoms with Gasteiger partial charge in [-0.05, 0) is 24.3 Å². The second-order valence-corrected chi connectivity index (χ2v) is 3.97. The summed E-state index contributed by atoms with van der Waals surface area (Å²) in [5.74, 6) is -2.45. The first kappa shape index (κ1) is 16.2. The lowest BCUT2D eigenvalue weighted by molar-refractivity contribution is -0.137. The summed E-state index contributed by atoms with van der Waals surface area (Å²) in [5.41, 5.74) is 0.275. The zero-order valence-electron chi connectivity index (χ0n) is 11.2. The van der Waals surface area contributed by atoms with Gasteiger partial charge in [-0.15, -0.1) is 0 Å². The molecule has 0 radical (unpaired) electrons. The molecule has 0 spiro atoms. The maximum atomic E-state index is 11.7. The van der Waals surface area contributed by atoms with Crippen LogP contribution in [0.4, 0.5) is 0 Å². The molecule has 2 amide bonds. The second-order valence-electron chi connectivity index (χ2n) is 3.97. The summed E-state index contributed by atoms with van der Waals surface area (Å²) in [6.07, 6.45) is 0. The Balaban J connectivity index is 2.46. The fourth-order valence-electron chi connectivity index (χ4n) is 1.34. The number of benzene rings is 1. The van der Waals surface area contributed by atoms with Crippen LogP contribution in [0.3, 0.4) is 0 Å². The van der Waals surface area contributed by atoms with E-state index in [2.05, 4.69) is 10.6 Å². The monoisotopic (exact) mass is 294 g/mol. The van der Waals surface area contributed by atoms with E-state index in [-0.39, 0.29) is 12.1 Å². The van der Waals surface area contributed by atoms with Crippen LogP contribution in [0.5, 0.6) is 5.75 Å². The Morgan fingerprint density at radius 2 is 1.67 bits per heavy atom. The summed E-state index contributed by atoms with van der Waals surface area (Å²) < 4.78 is 4.81. The highest BCUT2D eigenvalue weighted by Gasteiger charge is 2.09. The van der Waals surface area contributed by atoms with Crippen molar-refractivity contribution >= 4 is 23.8 Å². The lowest BCUT2D eigenvalue weighted by atomic mass is 10.2. The minimum atomic E-state index is -1.17. The van der Waals surface area contributed by atoms with E-state index in [4.69, 9.17) is 9.84 Å². The molecule has 0 bridgehead atoms. The van der Waals surface area contributed by atoms with Crippen molar-refractivity contribution < 1.29 is 29.0 Å². The van der Waals surface area contributed by atoms with Crippen molar-refractivity contribution in [1.82, 2.24) is 10.6 Å². The van der Waals surface area contributed by atoms with Crippen LogP contribution in [0.25, 0.3) is 0 Å². The van der Waals surface area contributed by atoms with Crippen molar-refractivity contribution in [2.45, 2.75) is 6.92 Å². The van der Waals surface area contributed by atoms with Crippen LogP contribution in [0.15, 0.2) is 24.3 Å². The standard InChI is InChI=1S/C13H14N2O6/c1-8(16)21-10-4-2-9(3-5-10)13(20)15-6-11(17)14-7-12(18)19/h2-5H,6-7H2,1H3,(H,14,17)(H,15,20)(H,18,19). The zero-order valence-corrected chi connectivity index (χ0v) is 11.2. The molecule has 1 aromatic carbocycles. The summed E-state index contributed by atoms with van der Waals surface area (Å²) in [5, 5.41) is 12.8. The van der Waals surface area contributed by atoms with Gasteiger partial charge < -0.3 is 20.5 Å². The summed E-state index contributed by atoms with van der Waals surface area (Å²) >= 11 is 0. The third-order valence-electron chi connectivity index (χ3n) is 2.22. The van der Waals surface area contributed by atoms with Gasteiger partial charge in [-0.25, -0.2) is 0 Å². The number of ether oxygens (including phenoxy) is 1. The Kier molecular flexibility index (Phi) is 5.87. The van der Waals surface area contributed by atoms with E-state index in [1.54, 1.807) is 0 Å². The van der Waals surface area contributed by atoms with Crippen molar-refractivity contribution in [3.8, 4) is 5.75 Å². The Morgan fingerprint density at radius 3 is 2.19 bits per heavy atom. The average Bonchev–Trinajstić information content (AvgIpc) is 2.42. The molecule has 1 aromatic rings. The highest BCUT2D eigenvalue weighted by Crippen LogP contribution is 2.12. The Labute approximate surface area is 120 Å². The molecule has 0 aromatic heterocycles. The van der Waals surface area contributed by atoms with Crippen molar-refractivity contribution in [3.05, 3.63) is 29.8 Å². The number of esters is 1. The number of hydrogen-bond acceptors (Lipinski definition) is 5. The molecule has 0 aliphatic heterocycles. The Morgan fingerprint density at radius 1 is 1.05 bits per heavy atom. The topological polar surface area (TPSA) is 122 Å². The minimum absolute atomic E-state index is 0.275. The number of nitrogens with one attached hydrogen (secondary N) is 2. The van der Waals surface area contributed by atoms with Gasteiger partial charge >= 0.3 is 11.9 Å². The molecule has 3 N–H and O–H groups in total. The highest BCUT2D eigenvalue weighted by molar-refractivity contribution is 5.96. The number of amides is 2. The van der Waals surface area contributed by atoms with E-state index >= 15 is 0 Å². The number of aliphatic carboxylic acids is 1. The molecule has 0 fully saturated rings. The summed E-state index contributed by atoms with van der Waals surface area (Å²) in [6, 6.07) is 5.76. The van der Waals surface area contributed by atoms with Gasteiger partial charge in [-0.2, -0.15) is 0 Å². The predicted molar refractivity (Wildman–Crippen MR) is 70.7 cm³/mol. The quantitative estimate of drug-likeness (QED) is 0.482. The van der Waals surface area contributed by atoms with Gasteiger partial charge in [0, 0.05) is 12.5 Å². The molecule has 0 saturated heterocycles. The summed E-state index contributed by atoms with van der Waals surface area (Å²) in [4.78, 5) is 43.9. The first-order valence-electron chi connectivity index (χ1n) is 5.93. The van der Waals surface area contributed by atoms with Crippen LogP contribution < -0.4 is 15.4 Å². The SMILES string of the molecule is CC(=O)Oc1ccc(C(=O)NCC(=O)NCC(=O)O)cc1. The van der Waals surface area contributed by atoms with Gasteiger partial charge in [-0.3, -0.25) is 19.2 Å². The van der Waals surface area contributed by atoms with Gasteiger partial charge in [0.25, 0.3) is 5.91 Å². The molecule has 0 unspecified atom stereocenters. The molecule has 0 aliphatic carbocycles. The molecular weight excluding hydrogens is 280 g/mol. The molecule has 0 heterocycles. The van der Waals surface area contributed by atoms with Gasteiger partial charge in [0.1, 0.15) is 12.3 Å². The number of carbonyl (C=O) groups is 4. The summed E-state index contributed by atoms with van der Waals surface area (Å²) in [7, 11) is 0. The molecule has 0 saturated carbocycles. The molecule has 0 atom stereocenters. The van der Waals surface area contributed by atoms with E-state index in [1.165, 1.54) is 31.2 Å². The number of hydrogen-bond donors (Lipinski definition) is 3. The van der Waals surface area contributed by atoms with Crippen molar-refractivity contribution in [3.63, 3.8) is 0 Å². The molecule has 112 valence electrons. The smallest absolute Gasteiger partial charge is 0.322 e. The van der Waals surface area contributed by atoms with E-state index in [9.17, 15) is 19.2 Å². The largest absolute Gasteiger partial charge is 0.480 e. The first-order chi connectivity index (χ1) is 9.88. The Bertz CT molecular complexity index is 552. The fraction of sp³-hybridized carbons (Fsp3) is 0.231. The van der Waals surface area contributed by atoms with Crippen molar-refractivity contribution in [2.75, 3.05) is 13.1 Å². The molecule has 8 nitrogen and oxygen atoms in total. The van der Waals surface area contributed by atoms with Crippen molar-refractivity contribution in [2.24, 2.45) is 0 Å². The van der Waals surface area contributed by atoms with E-state index in [1.807, 2.05) is 0 Å². The lowest BCUT2D eigenvalue weighted by Gasteiger charge is -2.06. The van der Waals surface area contributed by atoms with E-state index in [0.717, 1.165) is 0 Å². The van der Waals surface area contributed by atoms with E-state index in [0.29, 0.717) is 5.75 Å². The predicted octanol–water partition coefficient (Wildman–Crippen LogP) is -0.457. The number of carbonyl (C=O) groups excluding carboxylic acids is 3. The van der Waals surface area contributed by atoms with Gasteiger partial charge in [0.05, 0.1) is 6.54 Å². The minimum Gasteiger partial charge on any atom is -0.480 e. The van der Waals surface area contributed by atoms with Crippen LogP contribution in [0.2, 0.25) is 0 Å². The molecule has 8 heteroatoms. The van der Waals surface area contributed by atoms with Crippen LogP contribution in [-0.4, -0.2) is 41.9 Å². The lowest BCUT2D eigenvalue weighted by Crippen LogP contribution is -2.39. The van der Waals surface area contributed by atoms with Crippen LogP contribution in [0.1, 0.15) is 17.3 Å². The average molecular weight is 294 g/mol. The second kappa shape index (κ2) is 7.63. The highest BCUT2D eigenvalue weighted by atomic mass is 16.5. The number of carboxylic acids is 1. The molecular formula is C13H14N2O6. The van der Waals surface area contributed by atoms with Gasteiger partial charge in [0.15, 0.2) is 0 Å². The van der Waals surface area contributed by atoms with Crippen LogP contribution in [-0.2, 0) is 14.4 Å². The maximum absolute atomic E-state index is 11.7. The maximum Gasteiger partial charge on any atom is 0.322 e. The zero-order chi connectivity index (χ0) is 15.8. The van der Waals surface area contributed by atoms with Gasteiger partial charge in [0.2, 0.25) is 5.91 Å². The number of rotatable bonds is 6. The summed E-state index contributed by atoms with van der Waals surface area (Å²) in [6.45, 7) is 0.417. The molecule has 1 rings (SSSR count). The third-order valence-corrected chi connectivity index (χ3v) is 2.22. The van der Waals surface area contributed by atoms with Gasteiger partial charge in [-0.1, -0.05) is 0 Å². The molecule has 0 aliphatic rings. The van der Waals surface area contributed by atoms with Crippen LogP contribution >= 0.6 is 0 Å². The first-order valence-corrected chi connectivity index (χ1v) is 5.93. The van der Waals surface area contributed by atoms with Crippen LogP contribution in [0, 0.1) is 0 Å². The fourth-order valence-corrected chi connectivity index (χ4v) is 1.34. The Hall–Kier alpha value is -2.90. The number of carboxylic acid groups (broad SMARTS) is 1. The van der Waals surface area contributed by atoms with E-state index < -0.39 is 30.3 Å². The normalized spacial score (nSPS) is 9.57. The molecule has 21 heavy (non-hydrogen) atoms.